The summed E-state index contributed by atoms with van der Waals surface area (Å²) in [6.07, 6.45) is 7.86. The Labute approximate surface area is 326 Å². The SMILES string of the molecule is CC=C=C(/N=C(\N=C(/C)c1ccccc1)c1cccc(N2c3ccccc3C3(C)C4=C(C5=C(C23)C(C)(C)c2ccccc25)C(C)CC=C4)c1)c1ccccc1. The molecule has 0 saturated carbocycles. The van der Waals surface area contributed by atoms with Gasteiger partial charge in [0.15, 0.2) is 5.84 Å². The average molecular weight is 714 g/mol. The molecule has 0 amide bonds. The van der Waals surface area contributed by atoms with Crippen molar-refractivity contribution >= 4 is 34.2 Å². The first-order valence-electron chi connectivity index (χ1n) is 19.6. The monoisotopic (exact) mass is 713 g/mol. The van der Waals surface area contributed by atoms with Crippen molar-refractivity contribution in [1.82, 2.24) is 0 Å². The van der Waals surface area contributed by atoms with Gasteiger partial charge in [-0.2, -0.15) is 0 Å². The second-order valence-corrected chi connectivity index (χ2v) is 16.0. The molecule has 0 aromatic heterocycles. The average Bonchev–Trinajstić information content (AvgIpc) is 3.62. The summed E-state index contributed by atoms with van der Waals surface area (Å²) in [6.45, 7) is 13.9. The maximum atomic E-state index is 5.30. The summed E-state index contributed by atoms with van der Waals surface area (Å²) < 4.78 is 0. The van der Waals surface area contributed by atoms with Crippen molar-refractivity contribution in [3.63, 3.8) is 0 Å². The molecule has 3 aliphatic carbocycles. The number of rotatable bonds is 5. The van der Waals surface area contributed by atoms with Crippen LogP contribution in [0, 0.1) is 5.92 Å². The highest BCUT2D eigenvalue weighted by molar-refractivity contribution is 6.13. The van der Waals surface area contributed by atoms with E-state index in [1.807, 2.05) is 37.3 Å². The van der Waals surface area contributed by atoms with E-state index in [1.54, 1.807) is 0 Å². The zero-order valence-corrected chi connectivity index (χ0v) is 32.6. The number of hydrogen-bond donors (Lipinski definition) is 0. The predicted octanol–water partition coefficient (Wildman–Crippen LogP) is 12.6. The lowest BCUT2D eigenvalue weighted by Gasteiger charge is -2.48. The Morgan fingerprint density at radius 3 is 2.15 bits per heavy atom. The van der Waals surface area contributed by atoms with Crippen LogP contribution in [-0.4, -0.2) is 17.6 Å². The normalized spacial score (nSPS) is 22.0. The molecule has 3 unspecified atom stereocenters. The molecule has 9 rings (SSSR count). The van der Waals surface area contributed by atoms with Crippen molar-refractivity contribution in [2.75, 3.05) is 4.90 Å². The Morgan fingerprint density at radius 2 is 1.40 bits per heavy atom. The van der Waals surface area contributed by atoms with E-state index in [0.717, 1.165) is 40.2 Å². The van der Waals surface area contributed by atoms with E-state index < -0.39 is 0 Å². The van der Waals surface area contributed by atoms with Crippen LogP contribution in [0.2, 0.25) is 0 Å². The fourth-order valence-corrected chi connectivity index (χ4v) is 9.85. The van der Waals surface area contributed by atoms with Gasteiger partial charge in [-0.25, -0.2) is 9.98 Å². The first-order valence-corrected chi connectivity index (χ1v) is 19.6. The summed E-state index contributed by atoms with van der Waals surface area (Å²) in [4.78, 5) is 13.2. The minimum Gasteiger partial charge on any atom is -0.333 e. The van der Waals surface area contributed by atoms with Crippen LogP contribution >= 0.6 is 0 Å². The Balaban J connectivity index is 1.27. The maximum absolute atomic E-state index is 5.30. The topological polar surface area (TPSA) is 28.0 Å². The van der Waals surface area contributed by atoms with Gasteiger partial charge in [0.25, 0.3) is 0 Å². The zero-order valence-electron chi connectivity index (χ0n) is 32.6. The van der Waals surface area contributed by atoms with Crippen LogP contribution in [0.3, 0.4) is 0 Å². The van der Waals surface area contributed by atoms with Crippen molar-refractivity contribution in [1.29, 1.82) is 0 Å². The lowest BCUT2D eigenvalue weighted by molar-refractivity contribution is 0.445. The molecule has 270 valence electrons. The van der Waals surface area contributed by atoms with Crippen LogP contribution in [0.4, 0.5) is 11.4 Å². The number of benzene rings is 5. The van der Waals surface area contributed by atoms with Crippen LogP contribution < -0.4 is 4.90 Å². The fourth-order valence-electron chi connectivity index (χ4n) is 9.85. The van der Waals surface area contributed by atoms with Crippen molar-refractivity contribution < 1.29 is 0 Å². The largest absolute Gasteiger partial charge is 0.333 e. The summed E-state index contributed by atoms with van der Waals surface area (Å²) in [5, 5.41) is 0. The number of para-hydroxylation sites is 1. The number of anilines is 2. The van der Waals surface area contributed by atoms with E-state index in [2.05, 4.69) is 167 Å². The third-order valence-electron chi connectivity index (χ3n) is 12.4. The number of hydrogen-bond acceptors (Lipinski definition) is 2. The lowest BCUT2D eigenvalue weighted by atomic mass is 9.58. The predicted molar refractivity (Wildman–Crippen MR) is 231 cm³/mol. The maximum Gasteiger partial charge on any atom is 0.160 e. The smallest absolute Gasteiger partial charge is 0.160 e. The highest BCUT2D eigenvalue weighted by Crippen LogP contribution is 2.66. The number of aliphatic imine (C=N–C) groups is 2. The Hall–Kier alpha value is -6.02. The van der Waals surface area contributed by atoms with E-state index in [4.69, 9.17) is 9.98 Å². The molecule has 0 saturated heterocycles. The van der Waals surface area contributed by atoms with Gasteiger partial charge in [0.1, 0.15) is 5.70 Å². The van der Waals surface area contributed by atoms with Gasteiger partial charge in [-0.15, -0.1) is 0 Å². The van der Waals surface area contributed by atoms with Crippen molar-refractivity contribution in [2.24, 2.45) is 15.9 Å². The number of fused-ring (bicyclic) bond motifs is 8. The highest BCUT2D eigenvalue weighted by atomic mass is 15.2. The van der Waals surface area contributed by atoms with E-state index >= 15 is 0 Å². The molecule has 0 bridgehead atoms. The molecule has 3 nitrogen and oxygen atoms in total. The first-order chi connectivity index (χ1) is 26.7. The summed E-state index contributed by atoms with van der Waals surface area (Å²) in [7, 11) is 0. The second kappa shape index (κ2) is 13.4. The first kappa shape index (κ1) is 34.7. The third-order valence-corrected chi connectivity index (χ3v) is 12.4. The Kier molecular flexibility index (Phi) is 8.45. The minimum atomic E-state index is -0.265. The standard InChI is InChI=1S/C52H47N3/c1-7-20-44(37-24-12-9-13-25-37)54-50(53-35(3)36-22-10-8-11-23-36)38-26-19-27-39(33-38)55-45-32-17-16-30-42(45)52(6)43-31-18-21-34(2)46(43)47-40-28-14-15-29-41(40)51(4,5)48(47)49(52)55/h7-19,22-34,49H,21H2,1-6H3/b53-35+,54-50-. The number of nitrogens with zero attached hydrogens (tertiary/aromatic N) is 3. The van der Waals surface area contributed by atoms with E-state index in [0.29, 0.717) is 11.8 Å². The summed E-state index contributed by atoms with van der Waals surface area (Å²) in [6, 6.07) is 47.9. The van der Waals surface area contributed by atoms with E-state index in [9.17, 15) is 0 Å². The van der Waals surface area contributed by atoms with Gasteiger partial charge in [0.2, 0.25) is 0 Å². The van der Waals surface area contributed by atoms with Gasteiger partial charge in [-0.05, 0) is 102 Å². The van der Waals surface area contributed by atoms with Gasteiger partial charge >= 0.3 is 0 Å². The van der Waals surface area contributed by atoms with Gasteiger partial charge in [-0.1, -0.05) is 154 Å². The number of allylic oxidation sites excluding steroid dienone is 5. The lowest BCUT2D eigenvalue weighted by Crippen LogP contribution is -2.49. The van der Waals surface area contributed by atoms with Gasteiger partial charge in [-0.3, -0.25) is 0 Å². The molecule has 0 radical (unpaired) electrons. The van der Waals surface area contributed by atoms with Crippen LogP contribution in [-0.2, 0) is 10.8 Å². The molecule has 4 aliphatic rings. The molecule has 3 atom stereocenters. The Bertz CT molecular complexity index is 2570. The zero-order chi connectivity index (χ0) is 37.9. The molecule has 1 aliphatic heterocycles. The Morgan fingerprint density at radius 1 is 0.745 bits per heavy atom. The molecule has 0 N–H and O–H groups in total. The van der Waals surface area contributed by atoms with Crippen molar-refractivity contribution in [2.45, 2.75) is 64.8 Å². The molecular weight excluding hydrogens is 667 g/mol. The van der Waals surface area contributed by atoms with Gasteiger partial charge < -0.3 is 4.90 Å². The molecule has 1 heterocycles. The minimum absolute atomic E-state index is 0.0593. The highest BCUT2D eigenvalue weighted by Gasteiger charge is 2.60. The van der Waals surface area contributed by atoms with Crippen molar-refractivity contribution in [3.8, 4) is 0 Å². The fraction of sp³-hybridized carbons (Fsp3) is 0.212. The summed E-state index contributed by atoms with van der Waals surface area (Å²) in [5.74, 6) is 1.08. The summed E-state index contributed by atoms with van der Waals surface area (Å²) in [5.41, 5.74) is 20.2. The van der Waals surface area contributed by atoms with Crippen molar-refractivity contribution in [3.05, 3.63) is 208 Å². The molecule has 0 fully saturated rings. The quantitative estimate of drug-likeness (QED) is 0.101. The van der Waals surface area contributed by atoms with Gasteiger partial charge in [0, 0.05) is 39.0 Å². The van der Waals surface area contributed by atoms with E-state index in [-0.39, 0.29) is 16.9 Å². The van der Waals surface area contributed by atoms with Gasteiger partial charge in [0.05, 0.1) is 6.04 Å². The third kappa shape index (κ3) is 5.41. The molecule has 0 spiro atoms. The van der Waals surface area contributed by atoms with E-state index in [1.165, 1.54) is 44.7 Å². The summed E-state index contributed by atoms with van der Waals surface area (Å²) >= 11 is 0. The number of amidine groups is 1. The van der Waals surface area contributed by atoms with Crippen LogP contribution in [0.5, 0.6) is 0 Å². The van der Waals surface area contributed by atoms with Crippen LogP contribution in [0.25, 0.3) is 11.3 Å². The molecular formula is C52H47N3. The molecule has 3 heteroatoms. The molecule has 5 aromatic rings. The van der Waals surface area contributed by atoms with Crippen LogP contribution in [0.1, 0.15) is 81.3 Å². The second-order valence-electron chi connectivity index (χ2n) is 16.0. The molecule has 55 heavy (non-hydrogen) atoms. The molecule has 5 aromatic carbocycles. The van der Waals surface area contributed by atoms with Crippen LogP contribution in [0.15, 0.2) is 184 Å².